The van der Waals surface area contributed by atoms with E-state index in [4.69, 9.17) is 5.11 Å². The van der Waals surface area contributed by atoms with Crippen molar-refractivity contribution in [3.05, 3.63) is 57.6 Å². The van der Waals surface area contributed by atoms with E-state index < -0.39 is 5.97 Å². The number of aromatic carboxylic acids is 1. The number of carbonyl (C=O) groups is 2. The lowest BCUT2D eigenvalue weighted by atomic mass is 10.2. The topological polar surface area (TPSA) is 79.3 Å². The summed E-state index contributed by atoms with van der Waals surface area (Å²) in [6, 6.07) is 6.78. The van der Waals surface area contributed by atoms with Crippen LogP contribution in [0, 0.1) is 6.92 Å². The molecule has 108 valence electrons. The fourth-order valence-electron chi connectivity index (χ4n) is 1.65. The Bertz CT molecular complexity index is 692. The number of carboxylic acid groups (broad SMARTS) is 1. The third-order valence-corrected chi connectivity index (χ3v) is 3.63. The molecule has 0 aromatic carbocycles. The van der Waals surface area contributed by atoms with Crippen LogP contribution in [0.1, 0.15) is 25.8 Å². The van der Waals surface area contributed by atoms with E-state index in [1.807, 2.05) is 19.1 Å². The summed E-state index contributed by atoms with van der Waals surface area (Å²) in [7, 11) is 0. The number of amides is 1. The zero-order valence-corrected chi connectivity index (χ0v) is 12.2. The highest BCUT2D eigenvalue weighted by Gasteiger charge is 2.04. The second-order valence-corrected chi connectivity index (χ2v) is 5.66. The van der Waals surface area contributed by atoms with Gasteiger partial charge in [0.05, 0.1) is 17.8 Å². The summed E-state index contributed by atoms with van der Waals surface area (Å²) in [6.07, 6.45) is 4.61. The highest BCUT2D eigenvalue weighted by molar-refractivity contribution is 7.12. The fraction of sp³-hybridized carbons (Fsp3) is 0.133. The van der Waals surface area contributed by atoms with Crippen LogP contribution in [-0.4, -0.2) is 22.0 Å². The third kappa shape index (κ3) is 4.54. The summed E-state index contributed by atoms with van der Waals surface area (Å²) in [5, 5.41) is 11.5. The van der Waals surface area contributed by atoms with E-state index in [0.29, 0.717) is 5.69 Å². The van der Waals surface area contributed by atoms with Gasteiger partial charge in [-0.1, -0.05) is 0 Å². The number of nitrogens with zero attached hydrogens (tertiary/aromatic N) is 1. The molecule has 0 bridgehead atoms. The standard InChI is InChI=1S/C15H14N2O3S/c1-10-2-3-13(21-10)4-5-14(18)17-9-12-8-11(15(19)20)6-7-16-12/h2-8H,9H2,1H3,(H,17,18)(H,19,20)/b5-4+. The molecule has 0 aliphatic rings. The summed E-state index contributed by atoms with van der Waals surface area (Å²) in [6.45, 7) is 2.19. The first-order valence-electron chi connectivity index (χ1n) is 6.25. The number of carboxylic acids is 1. The van der Waals surface area contributed by atoms with Crippen LogP contribution in [0.4, 0.5) is 0 Å². The van der Waals surface area contributed by atoms with Crippen molar-refractivity contribution >= 4 is 29.3 Å². The second-order valence-electron chi connectivity index (χ2n) is 4.34. The molecule has 6 heteroatoms. The fourth-order valence-corrected chi connectivity index (χ4v) is 2.43. The number of aryl methyl sites for hydroxylation is 1. The van der Waals surface area contributed by atoms with Crippen molar-refractivity contribution in [1.82, 2.24) is 10.3 Å². The first kappa shape index (κ1) is 14.9. The maximum atomic E-state index is 11.7. The Labute approximate surface area is 126 Å². The number of aromatic nitrogens is 1. The SMILES string of the molecule is Cc1ccc(/C=C/C(=O)NCc2cc(C(=O)O)ccn2)s1. The van der Waals surface area contributed by atoms with E-state index in [2.05, 4.69) is 10.3 Å². The molecule has 2 aromatic heterocycles. The summed E-state index contributed by atoms with van der Waals surface area (Å²) in [5.74, 6) is -1.26. The number of hydrogen-bond acceptors (Lipinski definition) is 4. The van der Waals surface area contributed by atoms with Gasteiger partial charge in [-0.3, -0.25) is 9.78 Å². The van der Waals surface area contributed by atoms with Crippen LogP contribution < -0.4 is 5.32 Å². The first-order valence-corrected chi connectivity index (χ1v) is 7.07. The van der Waals surface area contributed by atoms with Crippen molar-refractivity contribution < 1.29 is 14.7 Å². The molecule has 0 fully saturated rings. The first-order chi connectivity index (χ1) is 10.0. The van der Waals surface area contributed by atoms with Crippen molar-refractivity contribution in [2.45, 2.75) is 13.5 Å². The number of nitrogens with one attached hydrogen (secondary N) is 1. The van der Waals surface area contributed by atoms with E-state index in [1.165, 1.54) is 29.3 Å². The van der Waals surface area contributed by atoms with Crippen LogP contribution in [-0.2, 0) is 11.3 Å². The van der Waals surface area contributed by atoms with Gasteiger partial charge in [-0.2, -0.15) is 0 Å². The van der Waals surface area contributed by atoms with E-state index in [9.17, 15) is 9.59 Å². The Morgan fingerprint density at radius 1 is 1.38 bits per heavy atom. The van der Waals surface area contributed by atoms with Crippen LogP contribution in [0.5, 0.6) is 0 Å². The number of hydrogen-bond donors (Lipinski definition) is 2. The molecule has 2 aromatic rings. The molecule has 0 aliphatic carbocycles. The van der Waals surface area contributed by atoms with Gasteiger partial charge in [0.1, 0.15) is 0 Å². The molecule has 0 atom stereocenters. The molecular weight excluding hydrogens is 288 g/mol. The van der Waals surface area contributed by atoms with E-state index in [-0.39, 0.29) is 18.0 Å². The smallest absolute Gasteiger partial charge is 0.335 e. The van der Waals surface area contributed by atoms with Crippen LogP contribution in [0.3, 0.4) is 0 Å². The minimum Gasteiger partial charge on any atom is -0.478 e. The van der Waals surface area contributed by atoms with Crippen molar-refractivity contribution in [2.75, 3.05) is 0 Å². The average Bonchev–Trinajstić information content (AvgIpc) is 2.89. The molecule has 2 heterocycles. The van der Waals surface area contributed by atoms with Crippen molar-refractivity contribution in [3.63, 3.8) is 0 Å². The quantitative estimate of drug-likeness (QED) is 0.832. The predicted octanol–water partition coefficient (Wildman–Crippen LogP) is 2.48. The van der Waals surface area contributed by atoms with Crippen molar-refractivity contribution in [3.8, 4) is 0 Å². The Morgan fingerprint density at radius 3 is 2.86 bits per heavy atom. The molecule has 5 nitrogen and oxygen atoms in total. The van der Waals surface area contributed by atoms with Crippen LogP contribution in [0.15, 0.2) is 36.5 Å². The third-order valence-electron chi connectivity index (χ3n) is 2.67. The predicted molar refractivity (Wildman–Crippen MR) is 81.1 cm³/mol. The lowest BCUT2D eigenvalue weighted by Gasteiger charge is -2.02. The molecule has 0 saturated heterocycles. The number of carbonyl (C=O) groups excluding carboxylic acids is 1. The average molecular weight is 302 g/mol. The molecule has 0 spiro atoms. The summed E-state index contributed by atoms with van der Waals surface area (Å²) < 4.78 is 0. The Balaban J connectivity index is 1.90. The number of pyridine rings is 1. The molecule has 2 rings (SSSR count). The van der Waals surface area contributed by atoms with Gasteiger partial charge in [0.15, 0.2) is 0 Å². The molecule has 0 aliphatic heterocycles. The molecule has 0 saturated carbocycles. The maximum Gasteiger partial charge on any atom is 0.335 e. The van der Waals surface area contributed by atoms with Gasteiger partial charge in [-0.05, 0) is 37.3 Å². The Morgan fingerprint density at radius 2 is 2.19 bits per heavy atom. The summed E-state index contributed by atoms with van der Waals surface area (Å²) in [4.78, 5) is 28.7. The van der Waals surface area contributed by atoms with E-state index in [1.54, 1.807) is 17.4 Å². The highest BCUT2D eigenvalue weighted by atomic mass is 32.1. The maximum absolute atomic E-state index is 11.7. The van der Waals surface area contributed by atoms with Crippen molar-refractivity contribution in [2.24, 2.45) is 0 Å². The summed E-state index contributed by atoms with van der Waals surface area (Å²) in [5.41, 5.74) is 0.655. The molecule has 21 heavy (non-hydrogen) atoms. The summed E-state index contributed by atoms with van der Waals surface area (Å²) >= 11 is 1.60. The van der Waals surface area contributed by atoms with Crippen molar-refractivity contribution in [1.29, 1.82) is 0 Å². The molecule has 2 N–H and O–H groups in total. The van der Waals surface area contributed by atoms with Gasteiger partial charge >= 0.3 is 5.97 Å². The number of thiophene rings is 1. The van der Waals surface area contributed by atoms with Crippen LogP contribution in [0.25, 0.3) is 6.08 Å². The minimum absolute atomic E-state index is 0.152. The van der Waals surface area contributed by atoms with Crippen LogP contribution >= 0.6 is 11.3 Å². The molecule has 1 amide bonds. The van der Waals surface area contributed by atoms with E-state index in [0.717, 1.165) is 4.88 Å². The zero-order chi connectivity index (χ0) is 15.2. The second kappa shape index (κ2) is 6.81. The highest BCUT2D eigenvalue weighted by Crippen LogP contribution is 2.16. The van der Waals surface area contributed by atoms with Gasteiger partial charge in [0.25, 0.3) is 0 Å². The van der Waals surface area contributed by atoms with Gasteiger partial charge in [0, 0.05) is 22.0 Å². The molecule has 0 radical (unpaired) electrons. The lowest BCUT2D eigenvalue weighted by Crippen LogP contribution is -2.21. The van der Waals surface area contributed by atoms with E-state index >= 15 is 0 Å². The number of rotatable bonds is 5. The monoisotopic (exact) mass is 302 g/mol. The lowest BCUT2D eigenvalue weighted by molar-refractivity contribution is -0.116. The van der Waals surface area contributed by atoms with Gasteiger partial charge < -0.3 is 10.4 Å². The van der Waals surface area contributed by atoms with Gasteiger partial charge in [0.2, 0.25) is 5.91 Å². The van der Waals surface area contributed by atoms with Gasteiger partial charge in [-0.15, -0.1) is 11.3 Å². The van der Waals surface area contributed by atoms with Gasteiger partial charge in [-0.25, -0.2) is 4.79 Å². The Hall–Kier alpha value is -2.47. The molecule has 0 unspecified atom stereocenters. The minimum atomic E-state index is -1.02. The molecular formula is C15H14N2O3S. The zero-order valence-electron chi connectivity index (χ0n) is 11.4. The van der Waals surface area contributed by atoms with Crippen LogP contribution in [0.2, 0.25) is 0 Å². The normalized spacial score (nSPS) is 10.7. The largest absolute Gasteiger partial charge is 0.478 e. The Kier molecular flexibility index (Phi) is 4.84.